The Morgan fingerprint density at radius 1 is 1.16 bits per heavy atom. The van der Waals surface area contributed by atoms with Gasteiger partial charge < -0.3 is 10.1 Å². The van der Waals surface area contributed by atoms with Crippen molar-refractivity contribution in [3.05, 3.63) is 29.8 Å². The zero-order valence-corrected chi connectivity index (χ0v) is 10.7. The van der Waals surface area contributed by atoms with Crippen LogP contribution in [0, 0.1) is 0 Å². The van der Waals surface area contributed by atoms with E-state index in [1.165, 1.54) is 12.8 Å². The van der Waals surface area contributed by atoms with Crippen LogP contribution in [0.3, 0.4) is 0 Å². The molecule has 1 fully saturated rings. The normalized spacial score (nSPS) is 15.5. The molecule has 0 radical (unpaired) electrons. The van der Waals surface area contributed by atoms with E-state index in [0.29, 0.717) is 11.8 Å². The van der Waals surface area contributed by atoms with E-state index in [0.717, 1.165) is 12.1 Å². The Balaban J connectivity index is 1.66. The summed E-state index contributed by atoms with van der Waals surface area (Å²) in [5, 5.41) is 3.40. The van der Waals surface area contributed by atoms with E-state index in [9.17, 15) is 13.2 Å². The van der Waals surface area contributed by atoms with Gasteiger partial charge in [-0.25, -0.2) is 0 Å². The highest BCUT2D eigenvalue weighted by atomic mass is 19.4. The average molecular weight is 273 g/mol. The van der Waals surface area contributed by atoms with Crippen LogP contribution in [-0.4, -0.2) is 18.8 Å². The lowest BCUT2D eigenvalue weighted by molar-refractivity contribution is -0.136. The van der Waals surface area contributed by atoms with E-state index >= 15 is 0 Å². The summed E-state index contributed by atoms with van der Waals surface area (Å²) in [5.41, 5.74) is 1.16. The summed E-state index contributed by atoms with van der Waals surface area (Å²) in [6.45, 7) is 0.929. The Labute approximate surface area is 111 Å². The molecule has 0 heterocycles. The second kappa shape index (κ2) is 6.28. The zero-order chi connectivity index (χ0) is 13.7. The maximum Gasteiger partial charge on any atom is 0.389 e. The minimum absolute atomic E-state index is 0.00547. The lowest BCUT2D eigenvalue weighted by Gasteiger charge is -2.09. The predicted molar refractivity (Wildman–Crippen MR) is 67.1 cm³/mol. The van der Waals surface area contributed by atoms with Crippen LogP contribution in [0.1, 0.15) is 31.2 Å². The first-order chi connectivity index (χ1) is 9.03. The fraction of sp³-hybridized carbons (Fsp3) is 0.571. The summed E-state index contributed by atoms with van der Waals surface area (Å²) in [6, 6.07) is 8.15. The maximum atomic E-state index is 11.9. The summed E-state index contributed by atoms with van der Waals surface area (Å²) < 4.78 is 41.1. The SMILES string of the molecule is FC(F)(F)CCCOc1ccc(CNC2CC2)cc1. The Morgan fingerprint density at radius 3 is 2.42 bits per heavy atom. The monoisotopic (exact) mass is 273 g/mol. The average Bonchev–Trinajstić information content (AvgIpc) is 3.16. The van der Waals surface area contributed by atoms with Gasteiger partial charge in [-0.05, 0) is 37.0 Å². The van der Waals surface area contributed by atoms with Crippen LogP contribution in [0.4, 0.5) is 13.2 Å². The number of hydrogen-bond donors (Lipinski definition) is 1. The number of ether oxygens (including phenoxy) is 1. The van der Waals surface area contributed by atoms with Gasteiger partial charge in [-0.2, -0.15) is 13.2 Å². The van der Waals surface area contributed by atoms with E-state index in [4.69, 9.17) is 4.74 Å². The van der Waals surface area contributed by atoms with E-state index in [1.807, 2.05) is 12.1 Å². The van der Waals surface area contributed by atoms with Gasteiger partial charge in [0.25, 0.3) is 0 Å². The second-order valence-corrected chi connectivity index (χ2v) is 4.87. The molecule has 0 saturated heterocycles. The topological polar surface area (TPSA) is 21.3 Å². The maximum absolute atomic E-state index is 11.9. The molecule has 0 amide bonds. The Bertz CT molecular complexity index is 385. The lowest BCUT2D eigenvalue weighted by atomic mass is 10.2. The van der Waals surface area contributed by atoms with Crippen molar-refractivity contribution in [3.8, 4) is 5.75 Å². The van der Waals surface area contributed by atoms with Crippen molar-refractivity contribution in [2.45, 2.75) is 44.4 Å². The molecule has 0 aromatic heterocycles. The molecule has 1 aromatic rings. The van der Waals surface area contributed by atoms with E-state index in [-0.39, 0.29) is 13.0 Å². The quantitative estimate of drug-likeness (QED) is 0.765. The second-order valence-electron chi connectivity index (χ2n) is 4.87. The Kier molecular flexibility index (Phi) is 4.69. The van der Waals surface area contributed by atoms with Gasteiger partial charge in [0.2, 0.25) is 0 Å². The molecule has 106 valence electrons. The van der Waals surface area contributed by atoms with Gasteiger partial charge in [0, 0.05) is 19.0 Å². The van der Waals surface area contributed by atoms with Crippen LogP contribution < -0.4 is 10.1 Å². The summed E-state index contributed by atoms with van der Waals surface area (Å²) in [6.07, 6.45) is -2.40. The third kappa shape index (κ3) is 5.96. The number of alkyl halides is 3. The highest BCUT2D eigenvalue weighted by Crippen LogP contribution is 2.22. The first-order valence-corrected chi connectivity index (χ1v) is 6.55. The number of rotatable bonds is 7. The van der Waals surface area contributed by atoms with Crippen molar-refractivity contribution in [2.75, 3.05) is 6.61 Å². The number of benzene rings is 1. The highest BCUT2D eigenvalue weighted by molar-refractivity contribution is 5.27. The first kappa shape index (κ1) is 14.2. The van der Waals surface area contributed by atoms with E-state index in [2.05, 4.69) is 5.32 Å². The van der Waals surface area contributed by atoms with Crippen LogP contribution in [0.2, 0.25) is 0 Å². The number of nitrogens with one attached hydrogen (secondary N) is 1. The van der Waals surface area contributed by atoms with Crippen molar-refractivity contribution in [1.29, 1.82) is 0 Å². The minimum atomic E-state index is -4.10. The lowest BCUT2D eigenvalue weighted by Crippen LogP contribution is -2.15. The standard InChI is InChI=1S/C14H18F3NO/c15-14(16,17)8-1-9-19-13-6-2-11(3-7-13)10-18-12-4-5-12/h2-3,6-7,12,18H,1,4-5,8-10H2. The molecule has 1 aliphatic carbocycles. The molecule has 5 heteroatoms. The summed E-state index contributed by atoms with van der Waals surface area (Å²) >= 11 is 0. The third-order valence-corrected chi connectivity index (χ3v) is 2.97. The molecule has 1 N–H and O–H groups in total. The van der Waals surface area contributed by atoms with Crippen LogP contribution >= 0.6 is 0 Å². The molecular weight excluding hydrogens is 255 g/mol. The van der Waals surface area contributed by atoms with Gasteiger partial charge in [-0.3, -0.25) is 0 Å². The fourth-order valence-corrected chi connectivity index (χ4v) is 1.72. The zero-order valence-electron chi connectivity index (χ0n) is 10.7. The minimum Gasteiger partial charge on any atom is -0.494 e. The molecule has 2 nitrogen and oxygen atoms in total. The highest BCUT2D eigenvalue weighted by Gasteiger charge is 2.26. The molecule has 1 saturated carbocycles. The largest absolute Gasteiger partial charge is 0.494 e. The fourth-order valence-electron chi connectivity index (χ4n) is 1.72. The molecule has 0 spiro atoms. The van der Waals surface area contributed by atoms with Crippen molar-refractivity contribution >= 4 is 0 Å². The number of halogens is 3. The van der Waals surface area contributed by atoms with Crippen LogP contribution in [0.5, 0.6) is 5.75 Å². The molecule has 0 bridgehead atoms. The Hall–Kier alpha value is -1.23. The smallest absolute Gasteiger partial charge is 0.389 e. The van der Waals surface area contributed by atoms with E-state index in [1.54, 1.807) is 12.1 Å². The molecule has 0 aliphatic heterocycles. The molecule has 0 atom stereocenters. The summed E-state index contributed by atoms with van der Waals surface area (Å²) in [5.74, 6) is 0.623. The Morgan fingerprint density at radius 2 is 1.84 bits per heavy atom. The van der Waals surface area contributed by atoms with Gasteiger partial charge in [0.05, 0.1) is 6.61 Å². The van der Waals surface area contributed by atoms with Crippen molar-refractivity contribution in [3.63, 3.8) is 0 Å². The molecule has 1 aliphatic rings. The molecule has 1 aromatic carbocycles. The van der Waals surface area contributed by atoms with Crippen molar-refractivity contribution < 1.29 is 17.9 Å². The van der Waals surface area contributed by atoms with Crippen molar-refractivity contribution in [2.24, 2.45) is 0 Å². The van der Waals surface area contributed by atoms with Gasteiger partial charge in [0.1, 0.15) is 5.75 Å². The van der Waals surface area contributed by atoms with Gasteiger partial charge >= 0.3 is 6.18 Å². The summed E-state index contributed by atoms with van der Waals surface area (Å²) in [7, 11) is 0. The molecule has 19 heavy (non-hydrogen) atoms. The molecule has 0 unspecified atom stereocenters. The van der Waals surface area contributed by atoms with Crippen LogP contribution in [0.15, 0.2) is 24.3 Å². The third-order valence-electron chi connectivity index (χ3n) is 2.97. The first-order valence-electron chi connectivity index (χ1n) is 6.55. The van der Waals surface area contributed by atoms with Gasteiger partial charge in [0.15, 0.2) is 0 Å². The molecular formula is C14H18F3NO. The number of hydrogen-bond acceptors (Lipinski definition) is 2. The van der Waals surface area contributed by atoms with Gasteiger partial charge in [-0.1, -0.05) is 12.1 Å². The predicted octanol–water partition coefficient (Wildman–Crippen LogP) is 3.66. The van der Waals surface area contributed by atoms with Crippen LogP contribution in [-0.2, 0) is 6.54 Å². The summed E-state index contributed by atoms with van der Waals surface area (Å²) in [4.78, 5) is 0. The van der Waals surface area contributed by atoms with Gasteiger partial charge in [-0.15, -0.1) is 0 Å². The van der Waals surface area contributed by atoms with Crippen molar-refractivity contribution in [1.82, 2.24) is 5.32 Å². The van der Waals surface area contributed by atoms with E-state index < -0.39 is 12.6 Å². The molecule has 2 rings (SSSR count). The van der Waals surface area contributed by atoms with Crippen LogP contribution in [0.25, 0.3) is 0 Å².